The average molecular weight is 791 g/mol. The number of hydrogen-bond donors (Lipinski definition) is 3. The molecule has 0 spiro atoms. The first-order valence-electron chi connectivity index (χ1n) is 18.7. The number of imide groups is 1. The number of anilines is 2. The van der Waals surface area contributed by atoms with E-state index in [0.29, 0.717) is 28.4 Å². The molecule has 0 aliphatic carbocycles. The van der Waals surface area contributed by atoms with Crippen LogP contribution in [-0.4, -0.2) is 94.1 Å². The average Bonchev–Trinajstić information content (AvgIpc) is 3.71. The van der Waals surface area contributed by atoms with E-state index in [0.717, 1.165) is 87.2 Å². The maximum atomic E-state index is 13.5. The van der Waals surface area contributed by atoms with E-state index in [2.05, 4.69) is 38.0 Å². The summed E-state index contributed by atoms with van der Waals surface area (Å²) >= 11 is 4.69. The minimum absolute atomic E-state index is 0.184. The molecule has 2 aromatic carbocycles. The molecule has 13 nitrogen and oxygen atoms in total. The van der Waals surface area contributed by atoms with Gasteiger partial charge < -0.3 is 24.8 Å². The number of aromatic nitrogens is 3. The highest BCUT2D eigenvalue weighted by atomic mass is 32.1. The number of piperidine rings is 3. The molecule has 6 heterocycles. The Kier molecular flexibility index (Phi) is 10.2. The molecule has 17 heteroatoms. The Balaban J connectivity index is 0.841. The molecule has 3 fully saturated rings. The zero-order valence-corrected chi connectivity index (χ0v) is 31.5. The second kappa shape index (κ2) is 15.1. The van der Waals surface area contributed by atoms with Gasteiger partial charge in [0.25, 0.3) is 11.8 Å². The molecule has 0 saturated carbocycles. The number of carbonyl (C=O) groups is 4. The maximum Gasteiger partial charge on any atom is 0.433 e. The Labute approximate surface area is 325 Å². The quantitative estimate of drug-likeness (QED) is 0.157. The first-order valence-corrected chi connectivity index (χ1v) is 19.3. The van der Waals surface area contributed by atoms with Gasteiger partial charge in [-0.05, 0) is 73.9 Å². The molecule has 3 saturated heterocycles. The number of hydrogen-bond acceptors (Lipinski definition) is 10. The van der Waals surface area contributed by atoms with Crippen molar-refractivity contribution in [3.8, 4) is 5.75 Å². The Bertz CT molecular complexity index is 2200. The highest BCUT2D eigenvalue weighted by molar-refractivity contribution is 7.80. The highest BCUT2D eigenvalue weighted by Crippen LogP contribution is 2.41. The first-order chi connectivity index (χ1) is 26.9. The van der Waals surface area contributed by atoms with Crippen LogP contribution in [0.15, 0.2) is 54.7 Å². The fraction of sp³-hybridized carbons (Fsp3) is 0.436. The lowest BCUT2D eigenvalue weighted by Crippen LogP contribution is -2.53. The van der Waals surface area contributed by atoms with E-state index >= 15 is 0 Å². The number of nitrogens with zero attached hydrogens (tertiary/aromatic N) is 6. The van der Waals surface area contributed by atoms with Crippen molar-refractivity contribution >= 4 is 58.5 Å². The molecule has 294 valence electrons. The molecule has 2 unspecified atom stereocenters. The van der Waals surface area contributed by atoms with Gasteiger partial charge in [-0.2, -0.15) is 18.3 Å². The van der Waals surface area contributed by atoms with E-state index in [4.69, 9.17) is 9.84 Å². The number of alkyl halides is 3. The normalized spacial score (nSPS) is 21.4. The van der Waals surface area contributed by atoms with E-state index in [1.54, 1.807) is 12.1 Å². The zero-order valence-electron chi connectivity index (χ0n) is 30.6. The second-order valence-corrected chi connectivity index (χ2v) is 15.4. The van der Waals surface area contributed by atoms with Crippen molar-refractivity contribution in [3.05, 3.63) is 77.2 Å². The summed E-state index contributed by atoms with van der Waals surface area (Å²) in [4.78, 5) is 60.4. The fourth-order valence-corrected chi connectivity index (χ4v) is 8.84. The van der Waals surface area contributed by atoms with Crippen LogP contribution in [0.1, 0.15) is 82.0 Å². The fourth-order valence-electron chi connectivity index (χ4n) is 8.35. The van der Waals surface area contributed by atoms with Crippen molar-refractivity contribution in [2.75, 3.05) is 50.1 Å². The van der Waals surface area contributed by atoms with Crippen LogP contribution in [-0.2, 0) is 15.8 Å². The number of methoxy groups -OCH3 is 1. The van der Waals surface area contributed by atoms with Crippen molar-refractivity contribution < 1.29 is 37.1 Å². The summed E-state index contributed by atoms with van der Waals surface area (Å²) in [6, 6.07) is 11.9. The number of nitrogens with one attached hydrogen (secondary N) is 2. The van der Waals surface area contributed by atoms with Gasteiger partial charge in [0, 0.05) is 68.0 Å². The molecule has 2 atom stereocenters. The van der Waals surface area contributed by atoms with Crippen LogP contribution in [0.4, 0.5) is 24.5 Å². The van der Waals surface area contributed by atoms with Crippen molar-refractivity contribution in [1.82, 2.24) is 29.9 Å². The highest BCUT2D eigenvalue weighted by Gasteiger charge is 2.44. The Morgan fingerprint density at radius 3 is 2.48 bits per heavy atom. The van der Waals surface area contributed by atoms with Gasteiger partial charge in [0.2, 0.25) is 11.8 Å². The molecule has 2 N–H and O–H groups in total. The molecule has 0 radical (unpaired) electrons. The summed E-state index contributed by atoms with van der Waals surface area (Å²) in [7, 11) is 1.45. The molecule has 2 aromatic heterocycles. The lowest BCUT2D eigenvalue weighted by Gasteiger charge is -2.38. The number of rotatable bonds is 8. The van der Waals surface area contributed by atoms with Gasteiger partial charge in [-0.15, -0.1) is 12.6 Å². The Morgan fingerprint density at radius 2 is 1.77 bits per heavy atom. The lowest BCUT2D eigenvalue weighted by molar-refractivity contribution is -0.141. The minimum Gasteiger partial charge on any atom is -0.494 e. The summed E-state index contributed by atoms with van der Waals surface area (Å²) in [5.74, 6) is -0.925. The predicted octanol–water partition coefficient (Wildman–Crippen LogP) is 5.45. The molecule has 0 bridgehead atoms. The number of likely N-dealkylation sites (tertiary alicyclic amines) is 1. The van der Waals surface area contributed by atoms with E-state index in [1.165, 1.54) is 18.1 Å². The summed E-state index contributed by atoms with van der Waals surface area (Å²) in [5, 5.41) is 10.0. The van der Waals surface area contributed by atoms with Gasteiger partial charge >= 0.3 is 6.18 Å². The van der Waals surface area contributed by atoms with Crippen molar-refractivity contribution in [2.24, 2.45) is 5.92 Å². The third kappa shape index (κ3) is 7.41. The number of benzene rings is 2. The van der Waals surface area contributed by atoms with Gasteiger partial charge in [-0.3, -0.25) is 29.2 Å². The summed E-state index contributed by atoms with van der Waals surface area (Å²) < 4.78 is 46.9. The van der Waals surface area contributed by atoms with E-state index in [-0.39, 0.29) is 36.4 Å². The van der Waals surface area contributed by atoms with Crippen LogP contribution in [0, 0.1) is 5.92 Å². The van der Waals surface area contributed by atoms with E-state index in [9.17, 15) is 32.3 Å². The van der Waals surface area contributed by atoms with Gasteiger partial charge in [-0.1, -0.05) is 12.1 Å². The Morgan fingerprint density at radius 1 is 1.00 bits per heavy atom. The molecular formula is C39H41F3N8O5S. The second-order valence-electron chi connectivity index (χ2n) is 14.9. The van der Waals surface area contributed by atoms with Crippen LogP contribution in [0.5, 0.6) is 5.75 Å². The Hall–Kier alpha value is -5.16. The SMILES string of the molecule is COc1cc2nn(C3CCN(CC4CCN(c5ccc6c(c5)C(=O)N(C5CCC(=O)NC5=O)C6S)CC4)CC3)cc2cc1NC(=O)c1cccc(C(F)(F)F)n1. The third-order valence-electron chi connectivity index (χ3n) is 11.4. The summed E-state index contributed by atoms with van der Waals surface area (Å²) in [6.45, 7) is 4.61. The number of carbonyl (C=O) groups excluding carboxylic acids is 4. The van der Waals surface area contributed by atoms with E-state index < -0.39 is 35.1 Å². The van der Waals surface area contributed by atoms with Gasteiger partial charge in [-0.25, -0.2) is 4.98 Å². The van der Waals surface area contributed by atoms with Gasteiger partial charge in [0.15, 0.2) is 0 Å². The number of halogens is 3. The molecule has 4 aliphatic rings. The smallest absolute Gasteiger partial charge is 0.433 e. The zero-order chi connectivity index (χ0) is 39.3. The molecular weight excluding hydrogens is 750 g/mol. The van der Waals surface area contributed by atoms with Gasteiger partial charge in [0.1, 0.15) is 28.6 Å². The number of amides is 4. The summed E-state index contributed by atoms with van der Waals surface area (Å²) in [6.07, 6.45) is 1.62. The van der Waals surface area contributed by atoms with Crippen molar-refractivity contribution in [3.63, 3.8) is 0 Å². The maximum absolute atomic E-state index is 13.5. The standard InChI is InChI=1S/C39H41F3N8O5S/c1-55-32-19-29-23(17-30(32)44-35(52)28-3-2-4-33(43-28)39(40,41)42)21-49(46-29)24-11-13-47(14-12-24)20-22-9-15-48(16-10-22)25-5-6-26-27(18-25)37(54)50(38(26)56)31-7-8-34(51)45-36(31)53/h2-6,17-19,21-22,24,31,38,56H,7-16,20H2,1H3,(H,44,52)(H,45,51,53). The van der Waals surface area contributed by atoms with Crippen LogP contribution < -0.4 is 20.3 Å². The van der Waals surface area contributed by atoms with Crippen LogP contribution >= 0.6 is 12.6 Å². The monoisotopic (exact) mass is 790 g/mol. The van der Waals surface area contributed by atoms with Crippen LogP contribution in [0.2, 0.25) is 0 Å². The van der Waals surface area contributed by atoms with Crippen LogP contribution in [0.3, 0.4) is 0 Å². The molecule has 4 aromatic rings. The first kappa shape index (κ1) is 37.7. The largest absolute Gasteiger partial charge is 0.494 e. The number of thiol groups is 1. The molecule has 8 rings (SSSR count). The molecule has 4 aliphatic heterocycles. The molecule has 56 heavy (non-hydrogen) atoms. The third-order valence-corrected chi connectivity index (χ3v) is 11.9. The van der Waals surface area contributed by atoms with Crippen molar-refractivity contribution in [1.29, 1.82) is 0 Å². The van der Waals surface area contributed by atoms with Crippen molar-refractivity contribution in [2.45, 2.75) is 62.2 Å². The topological polar surface area (TPSA) is 142 Å². The minimum atomic E-state index is -4.67. The predicted molar refractivity (Wildman–Crippen MR) is 204 cm³/mol. The lowest BCUT2D eigenvalue weighted by atomic mass is 9.94. The van der Waals surface area contributed by atoms with Crippen LogP contribution in [0.25, 0.3) is 10.9 Å². The van der Waals surface area contributed by atoms with E-state index in [1.807, 2.05) is 29.1 Å². The molecule has 4 amide bonds. The van der Waals surface area contributed by atoms with Gasteiger partial charge in [0.05, 0.1) is 24.4 Å². The number of pyridine rings is 1. The number of ether oxygens (including phenoxy) is 1. The summed E-state index contributed by atoms with van der Waals surface area (Å²) in [5.41, 5.74) is 1.78. The number of fused-ring (bicyclic) bond motifs is 2.